The van der Waals surface area contributed by atoms with Crippen molar-refractivity contribution in [3.05, 3.63) is 17.0 Å². The fraction of sp³-hybridized carbons (Fsp3) is 0.500. The molecule has 0 atom stereocenters. The Hall–Kier alpha value is -1.73. The monoisotopic (exact) mass is 298 g/mol. The molecule has 108 valence electrons. The highest BCUT2D eigenvalue weighted by atomic mass is 35.5. The van der Waals surface area contributed by atoms with Gasteiger partial charge in [-0.1, -0.05) is 11.6 Å². The van der Waals surface area contributed by atoms with Crippen LogP contribution in [0.25, 0.3) is 0 Å². The van der Waals surface area contributed by atoms with Gasteiger partial charge in [0.05, 0.1) is 18.8 Å². The molecule has 1 fully saturated rings. The molecule has 7 nitrogen and oxygen atoms in total. The van der Waals surface area contributed by atoms with Crippen molar-refractivity contribution in [2.45, 2.75) is 6.42 Å². The second kappa shape index (κ2) is 7.16. The SMILES string of the molecule is O=Cc1c(Cl)ncnc1NCCC(=O)N1CCOCC1. The summed E-state index contributed by atoms with van der Waals surface area (Å²) >= 11 is 5.78. The summed E-state index contributed by atoms with van der Waals surface area (Å²) in [6.45, 7) is 2.78. The number of carbonyl (C=O) groups excluding carboxylic acids is 2. The molecule has 0 spiro atoms. The second-order valence-electron chi connectivity index (χ2n) is 4.21. The van der Waals surface area contributed by atoms with Gasteiger partial charge < -0.3 is 15.0 Å². The maximum atomic E-state index is 11.9. The zero-order chi connectivity index (χ0) is 14.4. The highest BCUT2D eigenvalue weighted by Gasteiger charge is 2.16. The van der Waals surface area contributed by atoms with Crippen LogP contribution in [0.1, 0.15) is 16.8 Å². The highest BCUT2D eigenvalue weighted by Crippen LogP contribution is 2.17. The van der Waals surface area contributed by atoms with Gasteiger partial charge in [0.25, 0.3) is 0 Å². The predicted octanol–water partition coefficient (Wildman–Crippen LogP) is 0.603. The molecule has 1 aliphatic rings. The van der Waals surface area contributed by atoms with E-state index in [1.165, 1.54) is 6.33 Å². The number of rotatable bonds is 5. The zero-order valence-corrected chi connectivity index (χ0v) is 11.6. The number of nitrogens with one attached hydrogen (secondary N) is 1. The summed E-state index contributed by atoms with van der Waals surface area (Å²) in [5.74, 6) is 0.392. The molecular formula is C12H15ClN4O3. The van der Waals surface area contributed by atoms with Crippen molar-refractivity contribution in [3.8, 4) is 0 Å². The van der Waals surface area contributed by atoms with Gasteiger partial charge in [-0.15, -0.1) is 0 Å². The Morgan fingerprint density at radius 2 is 2.20 bits per heavy atom. The molecule has 0 aliphatic carbocycles. The third-order valence-corrected chi connectivity index (χ3v) is 3.25. The lowest BCUT2D eigenvalue weighted by atomic mass is 10.3. The molecule has 1 aromatic rings. The average molecular weight is 299 g/mol. The number of morpholine rings is 1. The average Bonchev–Trinajstić information content (AvgIpc) is 2.48. The minimum Gasteiger partial charge on any atom is -0.378 e. The summed E-state index contributed by atoms with van der Waals surface area (Å²) < 4.78 is 5.19. The van der Waals surface area contributed by atoms with Crippen molar-refractivity contribution >= 4 is 29.6 Å². The Labute approximate surface area is 121 Å². The van der Waals surface area contributed by atoms with E-state index in [4.69, 9.17) is 16.3 Å². The Morgan fingerprint density at radius 1 is 1.45 bits per heavy atom. The lowest BCUT2D eigenvalue weighted by molar-refractivity contribution is -0.134. The molecule has 0 saturated carbocycles. The maximum Gasteiger partial charge on any atom is 0.224 e. The number of amides is 1. The molecule has 8 heteroatoms. The first-order chi connectivity index (χ1) is 9.72. The molecule has 2 heterocycles. The van der Waals surface area contributed by atoms with Crippen LogP contribution in [-0.2, 0) is 9.53 Å². The lowest BCUT2D eigenvalue weighted by Crippen LogP contribution is -2.41. The Balaban J connectivity index is 1.85. The number of aldehydes is 1. The Morgan fingerprint density at radius 3 is 2.90 bits per heavy atom. The van der Waals surface area contributed by atoms with Crippen LogP contribution in [-0.4, -0.2) is 59.9 Å². The van der Waals surface area contributed by atoms with Crippen LogP contribution in [0, 0.1) is 0 Å². The van der Waals surface area contributed by atoms with Crippen molar-refractivity contribution < 1.29 is 14.3 Å². The van der Waals surface area contributed by atoms with Crippen molar-refractivity contribution in [2.24, 2.45) is 0 Å². The molecule has 1 N–H and O–H groups in total. The first kappa shape index (κ1) is 14.7. The number of hydrogen-bond acceptors (Lipinski definition) is 6. The molecule has 1 aliphatic heterocycles. The van der Waals surface area contributed by atoms with E-state index in [2.05, 4.69) is 15.3 Å². The standard InChI is InChI=1S/C12H15ClN4O3/c13-11-9(7-18)12(16-8-15-11)14-2-1-10(19)17-3-5-20-6-4-17/h7-8H,1-6H2,(H,14,15,16). The van der Waals surface area contributed by atoms with E-state index in [9.17, 15) is 9.59 Å². The smallest absolute Gasteiger partial charge is 0.224 e. The molecular weight excluding hydrogens is 284 g/mol. The van der Waals surface area contributed by atoms with Crippen molar-refractivity contribution in [1.82, 2.24) is 14.9 Å². The zero-order valence-electron chi connectivity index (χ0n) is 10.8. The van der Waals surface area contributed by atoms with Crippen LogP contribution in [0.3, 0.4) is 0 Å². The summed E-state index contributed by atoms with van der Waals surface area (Å²) in [5, 5.41) is 3.02. The number of hydrogen-bond donors (Lipinski definition) is 1. The molecule has 2 rings (SSSR count). The molecule has 20 heavy (non-hydrogen) atoms. The molecule has 1 saturated heterocycles. The third-order valence-electron chi connectivity index (χ3n) is 2.95. The molecule has 0 unspecified atom stereocenters. The van der Waals surface area contributed by atoms with Gasteiger partial charge >= 0.3 is 0 Å². The summed E-state index contributed by atoms with van der Waals surface area (Å²) in [6.07, 6.45) is 2.18. The number of carbonyl (C=O) groups is 2. The van der Waals surface area contributed by atoms with Crippen LogP contribution < -0.4 is 5.32 Å². The molecule has 1 aromatic heterocycles. The molecule has 0 aromatic carbocycles. The van der Waals surface area contributed by atoms with Crippen LogP contribution >= 0.6 is 11.6 Å². The van der Waals surface area contributed by atoms with E-state index < -0.39 is 0 Å². The summed E-state index contributed by atoms with van der Waals surface area (Å²) in [5.41, 5.74) is 0.202. The van der Waals surface area contributed by atoms with Gasteiger partial charge in [0, 0.05) is 26.1 Å². The van der Waals surface area contributed by atoms with Gasteiger partial charge in [-0.05, 0) is 0 Å². The fourth-order valence-electron chi connectivity index (χ4n) is 1.88. The van der Waals surface area contributed by atoms with E-state index >= 15 is 0 Å². The van der Waals surface area contributed by atoms with E-state index in [1.807, 2.05) is 0 Å². The summed E-state index contributed by atoms with van der Waals surface area (Å²) in [7, 11) is 0. The normalized spacial score (nSPS) is 14.9. The van der Waals surface area contributed by atoms with E-state index in [0.29, 0.717) is 51.4 Å². The van der Waals surface area contributed by atoms with E-state index in [-0.39, 0.29) is 16.6 Å². The van der Waals surface area contributed by atoms with Crippen molar-refractivity contribution in [1.29, 1.82) is 0 Å². The predicted molar refractivity (Wildman–Crippen MR) is 72.9 cm³/mol. The third kappa shape index (κ3) is 3.64. The van der Waals surface area contributed by atoms with Gasteiger partial charge in [-0.3, -0.25) is 9.59 Å². The fourth-order valence-corrected chi connectivity index (χ4v) is 2.06. The lowest BCUT2D eigenvalue weighted by Gasteiger charge is -2.26. The van der Waals surface area contributed by atoms with Gasteiger partial charge in [0.2, 0.25) is 5.91 Å². The quantitative estimate of drug-likeness (QED) is 0.633. The maximum absolute atomic E-state index is 11.9. The minimum atomic E-state index is 0.0496. The number of anilines is 1. The van der Waals surface area contributed by atoms with Crippen molar-refractivity contribution in [2.75, 3.05) is 38.2 Å². The first-order valence-electron chi connectivity index (χ1n) is 6.27. The van der Waals surface area contributed by atoms with Gasteiger partial charge in [-0.2, -0.15) is 0 Å². The number of ether oxygens (including phenoxy) is 1. The molecule has 1 amide bonds. The van der Waals surface area contributed by atoms with E-state index in [1.54, 1.807) is 4.90 Å². The van der Waals surface area contributed by atoms with Crippen molar-refractivity contribution in [3.63, 3.8) is 0 Å². The topological polar surface area (TPSA) is 84.4 Å². The summed E-state index contributed by atoms with van der Waals surface area (Å²) in [4.78, 5) is 32.2. The van der Waals surface area contributed by atoms with Gasteiger partial charge in [-0.25, -0.2) is 9.97 Å². The minimum absolute atomic E-state index is 0.0496. The summed E-state index contributed by atoms with van der Waals surface area (Å²) in [6, 6.07) is 0. The second-order valence-corrected chi connectivity index (χ2v) is 4.57. The molecule has 0 bridgehead atoms. The highest BCUT2D eigenvalue weighted by molar-refractivity contribution is 6.32. The van der Waals surface area contributed by atoms with Crippen LogP contribution in [0.15, 0.2) is 6.33 Å². The van der Waals surface area contributed by atoms with Gasteiger partial charge in [0.1, 0.15) is 17.3 Å². The largest absolute Gasteiger partial charge is 0.378 e. The number of halogens is 1. The van der Waals surface area contributed by atoms with E-state index in [0.717, 1.165) is 0 Å². The van der Waals surface area contributed by atoms with Gasteiger partial charge in [0.15, 0.2) is 6.29 Å². The number of aromatic nitrogens is 2. The van der Waals surface area contributed by atoms with Crippen LogP contribution in [0.2, 0.25) is 5.15 Å². The Bertz CT molecular complexity index is 492. The number of nitrogens with zero attached hydrogens (tertiary/aromatic N) is 3. The van der Waals surface area contributed by atoms with Crippen LogP contribution in [0.4, 0.5) is 5.82 Å². The first-order valence-corrected chi connectivity index (χ1v) is 6.65. The Kier molecular flexibility index (Phi) is 5.25. The molecule has 0 radical (unpaired) electrons. The van der Waals surface area contributed by atoms with Crippen LogP contribution in [0.5, 0.6) is 0 Å².